The molecular weight excluding hydrogens is 211 g/mol. The second kappa shape index (κ2) is 5.32. The quantitative estimate of drug-likeness (QED) is 0.580. The summed E-state index contributed by atoms with van der Waals surface area (Å²) < 4.78 is 15.7. The molecule has 0 aromatic carbocycles. The summed E-state index contributed by atoms with van der Waals surface area (Å²) in [7, 11) is 0. The maximum atomic E-state index is 10.9. The highest BCUT2D eigenvalue weighted by Crippen LogP contribution is 2.43. The van der Waals surface area contributed by atoms with E-state index >= 15 is 0 Å². The molecule has 0 bridgehead atoms. The Morgan fingerprint density at radius 2 is 1.77 bits per heavy atom. The van der Waals surface area contributed by atoms with Gasteiger partial charge in [0.1, 0.15) is 6.73 Å². The van der Waals surface area contributed by atoms with Crippen molar-refractivity contribution >= 4 is 18.1 Å². The van der Waals surface area contributed by atoms with Gasteiger partial charge >= 0.3 is 6.87 Å². The molecule has 0 spiro atoms. The van der Waals surface area contributed by atoms with E-state index in [-0.39, 0.29) is 6.73 Å². The third-order valence-electron chi connectivity index (χ3n) is 1.71. The Balaban J connectivity index is 4.06. The van der Waals surface area contributed by atoms with Crippen molar-refractivity contribution in [1.82, 2.24) is 4.90 Å². The van der Waals surface area contributed by atoms with Crippen molar-refractivity contribution in [1.29, 1.82) is 0 Å². The third kappa shape index (κ3) is 6.47. The molecule has 0 fully saturated rings. The summed E-state index contributed by atoms with van der Waals surface area (Å²) in [6.45, 7) is 4.94. The van der Waals surface area contributed by atoms with Gasteiger partial charge in [-0.2, -0.15) is 0 Å². The standard InChI is InChI=1S/C7H18ClN2O2P/c1-6(2)10(7(3)4)5-12-13(8,9)11/h6-7H,5H2,1-4H3,(H2,9,11). The fourth-order valence-corrected chi connectivity index (χ4v) is 1.46. The fraction of sp³-hybridized carbons (Fsp3) is 1.00. The number of hydrogen-bond donors (Lipinski definition) is 1. The fourth-order valence-electron chi connectivity index (χ4n) is 1.04. The topological polar surface area (TPSA) is 55.6 Å². The van der Waals surface area contributed by atoms with E-state index in [9.17, 15) is 4.57 Å². The minimum absolute atomic E-state index is 0.201. The molecule has 2 N–H and O–H groups in total. The largest absolute Gasteiger partial charge is 0.359 e. The molecule has 0 amide bonds. The first-order valence-electron chi connectivity index (χ1n) is 4.22. The summed E-state index contributed by atoms with van der Waals surface area (Å²) >= 11 is 5.27. The summed E-state index contributed by atoms with van der Waals surface area (Å²) in [4.78, 5) is 2.00. The lowest BCUT2D eigenvalue weighted by Gasteiger charge is -2.29. The molecule has 0 aromatic rings. The van der Waals surface area contributed by atoms with E-state index in [1.807, 2.05) is 32.6 Å². The molecule has 80 valence electrons. The van der Waals surface area contributed by atoms with Crippen LogP contribution in [0.25, 0.3) is 0 Å². The maximum Gasteiger partial charge on any atom is 0.359 e. The Kier molecular flexibility index (Phi) is 5.49. The number of nitrogens with two attached hydrogens (primary N) is 1. The van der Waals surface area contributed by atoms with E-state index in [2.05, 4.69) is 0 Å². The first-order chi connectivity index (χ1) is 5.74. The predicted octanol–water partition coefficient (Wildman–Crippen LogP) is 2.38. The molecule has 1 unspecified atom stereocenters. The summed E-state index contributed by atoms with van der Waals surface area (Å²) in [5.41, 5.74) is 5.06. The van der Waals surface area contributed by atoms with Gasteiger partial charge in [-0.05, 0) is 38.9 Å². The minimum Gasteiger partial charge on any atom is -0.290 e. The van der Waals surface area contributed by atoms with E-state index in [0.29, 0.717) is 12.1 Å². The number of rotatable bonds is 5. The molecule has 0 aliphatic rings. The van der Waals surface area contributed by atoms with Crippen LogP contribution in [0.3, 0.4) is 0 Å². The molecule has 4 nitrogen and oxygen atoms in total. The van der Waals surface area contributed by atoms with Crippen LogP contribution in [0.15, 0.2) is 0 Å². The number of nitrogens with zero attached hydrogens (tertiary/aromatic N) is 1. The van der Waals surface area contributed by atoms with Gasteiger partial charge in [0.05, 0.1) is 0 Å². The number of halogens is 1. The first kappa shape index (κ1) is 13.4. The van der Waals surface area contributed by atoms with Crippen molar-refractivity contribution in [3.63, 3.8) is 0 Å². The van der Waals surface area contributed by atoms with Crippen LogP contribution in [0.5, 0.6) is 0 Å². The van der Waals surface area contributed by atoms with Crippen LogP contribution >= 0.6 is 18.1 Å². The second-order valence-corrected chi connectivity index (χ2v) is 6.19. The van der Waals surface area contributed by atoms with Crippen molar-refractivity contribution in [2.75, 3.05) is 6.73 Å². The van der Waals surface area contributed by atoms with Gasteiger partial charge in [0.2, 0.25) is 0 Å². The molecular formula is C7H18ClN2O2P. The Morgan fingerprint density at radius 1 is 1.38 bits per heavy atom. The van der Waals surface area contributed by atoms with Crippen LogP contribution in [0.1, 0.15) is 27.7 Å². The molecule has 0 aliphatic carbocycles. The molecule has 1 atom stereocenters. The van der Waals surface area contributed by atoms with Crippen molar-refractivity contribution in [3.05, 3.63) is 0 Å². The summed E-state index contributed by atoms with van der Waals surface area (Å²) in [5.74, 6) is 0. The van der Waals surface area contributed by atoms with Crippen molar-refractivity contribution < 1.29 is 9.09 Å². The first-order valence-corrected chi connectivity index (χ1v) is 6.82. The van der Waals surface area contributed by atoms with Crippen LogP contribution in [0, 0.1) is 0 Å². The highest BCUT2D eigenvalue weighted by Gasteiger charge is 2.18. The molecule has 13 heavy (non-hydrogen) atoms. The van der Waals surface area contributed by atoms with E-state index < -0.39 is 6.87 Å². The van der Waals surface area contributed by atoms with Crippen LogP contribution in [0.4, 0.5) is 0 Å². The summed E-state index contributed by atoms with van der Waals surface area (Å²) in [6, 6.07) is 0.617. The SMILES string of the molecule is CC(C)N(COP(N)(=O)Cl)C(C)C. The smallest absolute Gasteiger partial charge is 0.290 e. The van der Waals surface area contributed by atoms with Crippen LogP contribution in [-0.4, -0.2) is 23.7 Å². The van der Waals surface area contributed by atoms with Gasteiger partial charge < -0.3 is 0 Å². The molecule has 0 rings (SSSR count). The molecule has 0 aromatic heterocycles. The van der Waals surface area contributed by atoms with Crippen molar-refractivity contribution in [3.8, 4) is 0 Å². The zero-order valence-electron chi connectivity index (χ0n) is 8.53. The zero-order chi connectivity index (χ0) is 10.6. The lowest BCUT2D eigenvalue weighted by molar-refractivity contribution is 0.0731. The maximum absolute atomic E-state index is 10.9. The Morgan fingerprint density at radius 3 is 2.00 bits per heavy atom. The monoisotopic (exact) mass is 228 g/mol. The van der Waals surface area contributed by atoms with Crippen LogP contribution in [0.2, 0.25) is 0 Å². The van der Waals surface area contributed by atoms with Gasteiger partial charge in [-0.1, -0.05) is 0 Å². The summed E-state index contributed by atoms with van der Waals surface area (Å²) in [6.07, 6.45) is 0. The predicted molar refractivity (Wildman–Crippen MR) is 55.7 cm³/mol. The van der Waals surface area contributed by atoms with E-state index in [1.165, 1.54) is 0 Å². The van der Waals surface area contributed by atoms with Gasteiger partial charge in [0.15, 0.2) is 0 Å². The average Bonchev–Trinajstić information content (AvgIpc) is 1.82. The lowest BCUT2D eigenvalue weighted by atomic mass is 10.2. The zero-order valence-corrected chi connectivity index (χ0v) is 10.2. The Hall–Kier alpha value is 0.400. The summed E-state index contributed by atoms with van der Waals surface area (Å²) in [5, 5.41) is 0. The normalized spacial score (nSPS) is 17.0. The van der Waals surface area contributed by atoms with Crippen LogP contribution < -0.4 is 5.50 Å². The molecule has 6 heteroatoms. The van der Waals surface area contributed by atoms with Gasteiger partial charge in [-0.25, -0.2) is 5.50 Å². The Bertz CT molecular complexity index is 185. The molecule has 0 heterocycles. The molecule has 0 saturated carbocycles. The van der Waals surface area contributed by atoms with E-state index in [4.69, 9.17) is 21.3 Å². The second-order valence-electron chi connectivity index (χ2n) is 3.48. The van der Waals surface area contributed by atoms with Crippen LogP contribution in [-0.2, 0) is 9.09 Å². The number of hydrogen-bond acceptors (Lipinski definition) is 3. The third-order valence-corrected chi connectivity index (χ3v) is 2.47. The molecule has 0 radical (unpaired) electrons. The average molecular weight is 229 g/mol. The van der Waals surface area contributed by atoms with E-state index in [0.717, 1.165) is 0 Å². The molecule has 0 aliphatic heterocycles. The van der Waals surface area contributed by atoms with Crippen molar-refractivity contribution in [2.45, 2.75) is 39.8 Å². The van der Waals surface area contributed by atoms with Gasteiger partial charge in [-0.15, -0.1) is 0 Å². The highest BCUT2D eigenvalue weighted by atomic mass is 35.7. The van der Waals surface area contributed by atoms with Gasteiger partial charge in [0, 0.05) is 12.1 Å². The van der Waals surface area contributed by atoms with Gasteiger partial charge in [-0.3, -0.25) is 14.0 Å². The Labute approximate surface area is 84.7 Å². The van der Waals surface area contributed by atoms with Gasteiger partial charge in [0.25, 0.3) is 0 Å². The molecule has 0 saturated heterocycles. The highest BCUT2D eigenvalue weighted by molar-refractivity contribution is 7.83. The van der Waals surface area contributed by atoms with E-state index in [1.54, 1.807) is 0 Å². The lowest BCUT2D eigenvalue weighted by Crippen LogP contribution is -2.38. The minimum atomic E-state index is -3.37. The van der Waals surface area contributed by atoms with Crippen molar-refractivity contribution in [2.24, 2.45) is 5.50 Å².